The van der Waals surface area contributed by atoms with Crippen molar-refractivity contribution in [2.75, 3.05) is 53.8 Å². The zero-order valence-corrected chi connectivity index (χ0v) is 17.0. The molecule has 0 aliphatic rings. The molecular weight excluding hydrogens is 360 g/mol. The van der Waals surface area contributed by atoms with Crippen molar-refractivity contribution < 1.29 is 19.0 Å². The third-order valence-electron chi connectivity index (χ3n) is 4.02. The summed E-state index contributed by atoms with van der Waals surface area (Å²) >= 11 is 0. The maximum atomic E-state index is 12.3. The minimum absolute atomic E-state index is 0.153. The van der Waals surface area contributed by atoms with Crippen LogP contribution in [0.1, 0.15) is 16.8 Å². The van der Waals surface area contributed by atoms with Crippen molar-refractivity contribution in [2.45, 2.75) is 6.42 Å². The van der Waals surface area contributed by atoms with E-state index < -0.39 is 0 Å². The zero-order chi connectivity index (χ0) is 20.5. The van der Waals surface area contributed by atoms with Gasteiger partial charge in [0.25, 0.3) is 5.91 Å². The van der Waals surface area contributed by atoms with Gasteiger partial charge in [0, 0.05) is 30.6 Å². The van der Waals surface area contributed by atoms with Gasteiger partial charge in [-0.1, -0.05) is 0 Å². The SMILES string of the molecule is COc1cc(Nc2cncc(C(=O)NCCCN(C)C)c2)cc(OC)c1OC. The van der Waals surface area contributed by atoms with E-state index in [2.05, 4.69) is 20.5 Å². The van der Waals surface area contributed by atoms with E-state index in [1.165, 1.54) is 0 Å². The van der Waals surface area contributed by atoms with E-state index in [0.29, 0.717) is 35.0 Å². The van der Waals surface area contributed by atoms with Crippen LogP contribution in [0.15, 0.2) is 30.6 Å². The Morgan fingerprint density at radius 3 is 2.25 bits per heavy atom. The van der Waals surface area contributed by atoms with Gasteiger partial charge >= 0.3 is 0 Å². The predicted molar refractivity (Wildman–Crippen MR) is 109 cm³/mol. The molecule has 1 amide bonds. The van der Waals surface area contributed by atoms with Crippen LogP contribution in [0.4, 0.5) is 11.4 Å². The Morgan fingerprint density at radius 1 is 1.00 bits per heavy atom. The third kappa shape index (κ3) is 5.75. The summed E-state index contributed by atoms with van der Waals surface area (Å²) in [5, 5.41) is 6.12. The first kappa shape index (κ1) is 21.3. The number of amides is 1. The minimum Gasteiger partial charge on any atom is -0.493 e. The van der Waals surface area contributed by atoms with Crippen molar-refractivity contribution >= 4 is 17.3 Å². The predicted octanol–water partition coefficient (Wildman–Crippen LogP) is 2.53. The van der Waals surface area contributed by atoms with E-state index in [0.717, 1.165) is 18.7 Å². The lowest BCUT2D eigenvalue weighted by Gasteiger charge is -2.15. The quantitative estimate of drug-likeness (QED) is 0.605. The van der Waals surface area contributed by atoms with Gasteiger partial charge in [-0.05, 0) is 33.1 Å². The van der Waals surface area contributed by atoms with Gasteiger partial charge in [-0.3, -0.25) is 9.78 Å². The van der Waals surface area contributed by atoms with Crippen molar-refractivity contribution in [3.05, 3.63) is 36.2 Å². The molecule has 0 spiro atoms. The summed E-state index contributed by atoms with van der Waals surface area (Å²) in [7, 11) is 8.68. The van der Waals surface area contributed by atoms with Gasteiger partial charge in [0.1, 0.15) is 0 Å². The van der Waals surface area contributed by atoms with Crippen LogP contribution >= 0.6 is 0 Å². The molecule has 2 N–H and O–H groups in total. The number of anilines is 2. The van der Waals surface area contributed by atoms with Crippen LogP contribution in [-0.2, 0) is 0 Å². The van der Waals surface area contributed by atoms with Gasteiger partial charge in [-0.15, -0.1) is 0 Å². The van der Waals surface area contributed by atoms with Crippen molar-refractivity contribution in [3.8, 4) is 17.2 Å². The second kappa shape index (κ2) is 10.4. The monoisotopic (exact) mass is 388 g/mol. The molecule has 0 saturated heterocycles. The number of methoxy groups -OCH3 is 3. The summed E-state index contributed by atoms with van der Waals surface area (Å²) in [6.07, 6.45) is 4.07. The molecule has 0 aliphatic heterocycles. The van der Waals surface area contributed by atoms with Crippen LogP contribution in [-0.4, -0.2) is 64.3 Å². The number of pyridine rings is 1. The van der Waals surface area contributed by atoms with Gasteiger partial charge < -0.3 is 29.7 Å². The molecule has 0 fully saturated rings. The molecule has 0 bridgehead atoms. The smallest absolute Gasteiger partial charge is 0.252 e. The molecule has 8 nitrogen and oxygen atoms in total. The topological polar surface area (TPSA) is 85.0 Å². The Morgan fingerprint density at radius 2 is 1.68 bits per heavy atom. The number of nitrogens with one attached hydrogen (secondary N) is 2. The Balaban J connectivity index is 2.11. The average Bonchev–Trinajstić information content (AvgIpc) is 2.70. The molecule has 28 heavy (non-hydrogen) atoms. The van der Waals surface area contributed by atoms with E-state index in [4.69, 9.17) is 14.2 Å². The Hall–Kier alpha value is -3.00. The van der Waals surface area contributed by atoms with E-state index in [1.54, 1.807) is 51.9 Å². The van der Waals surface area contributed by atoms with Gasteiger partial charge in [-0.2, -0.15) is 0 Å². The van der Waals surface area contributed by atoms with Crippen LogP contribution in [0.5, 0.6) is 17.2 Å². The number of rotatable bonds is 10. The minimum atomic E-state index is -0.153. The number of carbonyl (C=O) groups excluding carboxylic acids is 1. The number of benzene rings is 1. The molecule has 1 aromatic heterocycles. The molecule has 0 aliphatic carbocycles. The Kier molecular flexibility index (Phi) is 7.88. The molecule has 152 valence electrons. The highest BCUT2D eigenvalue weighted by Crippen LogP contribution is 2.40. The van der Waals surface area contributed by atoms with Crippen molar-refractivity contribution in [2.24, 2.45) is 0 Å². The summed E-state index contributed by atoms with van der Waals surface area (Å²) in [6.45, 7) is 1.53. The van der Waals surface area contributed by atoms with Crippen LogP contribution in [0, 0.1) is 0 Å². The molecule has 0 atom stereocenters. The van der Waals surface area contributed by atoms with Gasteiger partial charge in [-0.25, -0.2) is 0 Å². The summed E-state index contributed by atoms with van der Waals surface area (Å²) in [5.74, 6) is 1.43. The van der Waals surface area contributed by atoms with Crippen molar-refractivity contribution in [1.29, 1.82) is 0 Å². The van der Waals surface area contributed by atoms with Crippen molar-refractivity contribution in [3.63, 3.8) is 0 Å². The number of aromatic nitrogens is 1. The first-order valence-corrected chi connectivity index (χ1v) is 8.93. The zero-order valence-electron chi connectivity index (χ0n) is 17.0. The Bertz CT molecular complexity index is 771. The van der Waals surface area contributed by atoms with Gasteiger partial charge in [0.05, 0.1) is 38.8 Å². The number of hydrogen-bond acceptors (Lipinski definition) is 7. The number of carbonyl (C=O) groups is 1. The van der Waals surface area contributed by atoms with Crippen molar-refractivity contribution in [1.82, 2.24) is 15.2 Å². The molecular formula is C20H28N4O4. The van der Waals surface area contributed by atoms with E-state index >= 15 is 0 Å². The molecule has 1 heterocycles. The van der Waals surface area contributed by atoms with E-state index in [9.17, 15) is 4.79 Å². The lowest BCUT2D eigenvalue weighted by Crippen LogP contribution is -2.27. The molecule has 0 unspecified atom stereocenters. The number of hydrogen-bond donors (Lipinski definition) is 2. The normalized spacial score (nSPS) is 10.5. The fourth-order valence-electron chi connectivity index (χ4n) is 2.65. The van der Waals surface area contributed by atoms with E-state index in [1.807, 2.05) is 14.1 Å². The van der Waals surface area contributed by atoms with Crippen LogP contribution in [0.3, 0.4) is 0 Å². The van der Waals surface area contributed by atoms with Gasteiger partial charge in [0.2, 0.25) is 5.75 Å². The lowest BCUT2D eigenvalue weighted by atomic mass is 10.2. The fraction of sp³-hybridized carbons (Fsp3) is 0.400. The molecule has 1 aromatic carbocycles. The highest BCUT2D eigenvalue weighted by Gasteiger charge is 2.14. The summed E-state index contributed by atoms with van der Waals surface area (Å²) in [6, 6.07) is 5.32. The van der Waals surface area contributed by atoms with Crippen LogP contribution in [0.2, 0.25) is 0 Å². The second-order valence-corrected chi connectivity index (χ2v) is 6.41. The highest BCUT2D eigenvalue weighted by molar-refractivity contribution is 5.94. The summed E-state index contributed by atoms with van der Waals surface area (Å²) in [5.41, 5.74) is 1.89. The van der Waals surface area contributed by atoms with Crippen LogP contribution < -0.4 is 24.8 Å². The van der Waals surface area contributed by atoms with E-state index in [-0.39, 0.29) is 5.91 Å². The number of ether oxygens (including phenoxy) is 3. The maximum absolute atomic E-state index is 12.3. The number of nitrogens with zero attached hydrogens (tertiary/aromatic N) is 2. The van der Waals surface area contributed by atoms with Crippen LogP contribution in [0.25, 0.3) is 0 Å². The summed E-state index contributed by atoms with van der Waals surface area (Å²) < 4.78 is 16.1. The Labute approximate surface area is 165 Å². The standard InChI is InChI=1S/C20H28N4O4/c1-24(2)8-6-7-22-20(25)14-9-16(13-21-12-14)23-15-10-17(26-3)19(28-5)18(11-15)27-4/h9-13,23H,6-8H2,1-5H3,(H,22,25). The molecule has 2 rings (SSSR count). The third-order valence-corrected chi connectivity index (χ3v) is 4.02. The first-order chi connectivity index (χ1) is 13.5. The second-order valence-electron chi connectivity index (χ2n) is 6.41. The highest BCUT2D eigenvalue weighted by atomic mass is 16.5. The first-order valence-electron chi connectivity index (χ1n) is 8.93. The molecule has 2 aromatic rings. The molecule has 0 saturated carbocycles. The lowest BCUT2D eigenvalue weighted by molar-refractivity contribution is 0.0952. The average molecular weight is 388 g/mol. The molecule has 8 heteroatoms. The fourth-order valence-corrected chi connectivity index (χ4v) is 2.65. The largest absolute Gasteiger partial charge is 0.493 e. The molecule has 0 radical (unpaired) electrons. The maximum Gasteiger partial charge on any atom is 0.252 e. The van der Waals surface area contributed by atoms with Gasteiger partial charge in [0.15, 0.2) is 11.5 Å². The summed E-state index contributed by atoms with van der Waals surface area (Å²) in [4.78, 5) is 18.6.